The molecule has 0 aromatic heterocycles. The van der Waals surface area contributed by atoms with Crippen molar-refractivity contribution in [1.29, 1.82) is 0 Å². The number of amides is 2. The van der Waals surface area contributed by atoms with Gasteiger partial charge in [0.15, 0.2) is 0 Å². The Labute approximate surface area is 167 Å². The molecule has 0 spiro atoms. The highest BCUT2D eigenvalue weighted by Crippen LogP contribution is 2.22. The molecule has 0 aliphatic carbocycles. The summed E-state index contributed by atoms with van der Waals surface area (Å²) < 4.78 is 13.8. The van der Waals surface area contributed by atoms with Crippen molar-refractivity contribution in [3.8, 4) is 0 Å². The standard InChI is InChI=1S/C22H32FN3O2/c1-15-11-16(2)14-26(13-15)21(27)18(4)24-7-9-25(10-8-24)22(28)19-6-5-17(3)20(23)12-19/h5-6,12,15-16,18H,7-11,13-14H2,1-4H3. The Balaban J connectivity index is 1.56. The zero-order valence-electron chi connectivity index (χ0n) is 17.4. The van der Waals surface area contributed by atoms with Gasteiger partial charge in [0.25, 0.3) is 5.91 Å². The first kappa shape index (κ1) is 20.8. The van der Waals surface area contributed by atoms with Crippen LogP contribution in [0.4, 0.5) is 4.39 Å². The van der Waals surface area contributed by atoms with Gasteiger partial charge in [0.05, 0.1) is 6.04 Å². The van der Waals surface area contributed by atoms with Gasteiger partial charge in [0, 0.05) is 44.8 Å². The highest BCUT2D eigenvalue weighted by molar-refractivity contribution is 5.94. The van der Waals surface area contributed by atoms with Crippen LogP contribution in [0.5, 0.6) is 0 Å². The highest BCUT2D eigenvalue weighted by Gasteiger charge is 2.33. The maximum Gasteiger partial charge on any atom is 0.254 e. The first-order valence-corrected chi connectivity index (χ1v) is 10.3. The number of hydrogen-bond acceptors (Lipinski definition) is 3. The summed E-state index contributed by atoms with van der Waals surface area (Å²) in [6.45, 7) is 12.2. The van der Waals surface area contributed by atoms with E-state index in [1.165, 1.54) is 12.5 Å². The number of nitrogens with zero attached hydrogens (tertiary/aromatic N) is 3. The number of hydrogen-bond donors (Lipinski definition) is 0. The van der Waals surface area contributed by atoms with Crippen molar-refractivity contribution in [1.82, 2.24) is 14.7 Å². The minimum Gasteiger partial charge on any atom is -0.341 e. The van der Waals surface area contributed by atoms with Gasteiger partial charge in [0.2, 0.25) is 5.91 Å². The van der Waals surface area contributed by atoms with E-state index in [4.69, 9.17) is 0 Å². The number of carbonyl (C=O) groups is 2. The SMILES string of the molecule is Cc1ccc(C(=O)N2CCN(C(C)C(=O)N3CC(C)CC(C)C3)CC2)cc1F. The minimum absolute atomic E-state index is 0.142. The van der Waals surface area contributed by atoms with Gasteiger partial charge in [-0.15, -0.1) is 0 Å². The van der Waals surface area contributed by atoms with Gasteiger partial charge in [-0.1, -0.05) is 19.9 Å². The van der Waals surface area contributed by atoms with Gasteiger partial charge in [-0.05, 0) is 49.8 Å². The third-order valence-electron chi connectivity index (χ3n) is 6.11. The monoisotopic (exact) mass is 389 g/mol. The minimum atomic E-state index is -0.353. The molecule has 1 aromatic carbocycles. The number of likely N-dealkylation sites (tertiary alicyclic amines) is 1. The van der Waals surface area contributed by atoms with Gasteiger partial charge < -0.3 is 9.80 Å². The van der Waals surface area contributed by atoms with E-state index in [9.17, 15) is 14.0 Å². The Morgan fingerprint density at radius 3 is 2.21 bits per heavy atom. The number of halogens is 1. The Kier molecular flexibility index (Phi) is 6.38. The number of carbonyl (C=O) groups excluding carboxylic acids is 2. The van der Waals surface area contributed by atoms with E-state index in [2.05, 4.69) is 18.7 Å². The van der Waals surface area contributed by atoms with Gasteiger partial charge in [-0.2, -0.15) is 0 Å². The van der Waals surface area contributed by atoms with Crippen LogP contribution in [0.3, 0.4) is 0 Å². The van der Waals surface area contributed by atoms with E-state index in [1.54, 1.807) is 24.0 Å². The fraction of sp³-hybridized carbons (Fsp3) is 0.636. The van der Waals surface area contributed by atoms with Crippen molar-refractivity contribution < 1.29 is 14.0 Å². The molecule has 2 saturated heterocycles. The lowest BCUT2D eigenvalue weighted by Crippen LogP contribution is -2.56. The molecule has 2 fully saturated rings. The van der Waals surface area contributed by atoms with E-state index in [-0.39, 0.29) is 23.7 Å². The number of aryl methyl sites for hydroxylation is 1. The maximum absolute atomic E-state index is 13.8. The van der Waals surface area contributed by atoms with E-state index in [0.29, 0.717) is 49.1 Å². The van der Waals surface area contributed by atoms with Crippen molar-refractivity contribution >= 4 is 11.8 Å². The predicted molar refractivity (Wildman–Crippen MR) is 108 cm³/mol. The van der Waals surface area contributed by atoms with Crippen LogP contribution < -0.4 is 0 Å². The third-order valence-corrected chi connectivity index (χ3v) is 6.11. The molecule has 3 rings (SSSR count). The van der Waals surface area contributed by atoms with Gasteiger partial charge in [-0.3, -0.25) is 14.5 Å². The molecular weight excluding hydrogens is 357 g/mol. The Bertz CT molecular complexity index is 720. The van der Waals surface area contributed by atoms with Crippen LogP contribution in [0.25, 0.3) is 0 Å². The second-order valence-electron chi connectivity index (χ2n) is 8.66. The zero-order chi connectivity index (χ0) is 20.4. The van der Waals surface area contributed by atoms with E-state index < -0.39 is 0 Å². The second kappa shape index (κ2) is 8.60. The molecular formula is C22H32FN3O2. The maximum atomic E-state index is 13.8. The fourth-order valence-electron chi connectivity index (χ4n) is 4.48. The van der Waals surface area contributed by atoms with Crippen LogP contribution in [0.1, 0.15) is 43.1 Å². The van der Waals surface area contributed by atoms with Crippen LogP contribution in [0.15, 0.2) is 18.2 Å². The topological polar surface area (TPSA) is 43.9 Å². The molecule has 3 unspecified atom stereocenters. The molecule has 0 N–H and O–H groups in total. The lowest BCUT2D eigenvalue weighted by Gasteiger charge is -2.41. The normalized spacial score (nSPS) is 24.9. The summed E-state index contributed by atoms with van der Waals surface area (Å²) in [5.74, 6) is 0.789. The van der Waals surface area contributed by atoms with E-state index in [1.807, 2.05) is 11.8 Å². The molecule has 154 valence electrons. The van der Waals surface area contributed by atoms with Crippen molar-refractivity contribution in [2.75, 3.05) is 39.3 Å². The molecule has 5 nitrogen and oxygen atoms in total. The van der Waals surface area contributed by atoms with Crippen LogP contribution >= 0.6 is 0 Å². The molecule has 2 aliphatic heterocycles. The summed E-state index contributed by atoms with van der Waals surface area (Å²) in [6.07, 6.45) is 1.18. The van der Waals surface area contributed by atoms with Crippen molar-refractivity contribution in [2.24, 2.45) is 11.8 Å². The summed E-state index contributed by atoms with van der Waals surface area (Å²) in [6, 6.07) is 4.46. The molecule has 0 bridgehead atoms. The third kappa shape index (κ3) is 4.54. The summed E-state index contributed by atoms with van der Waals surface area (Å²) in [4.78, 5) is 31.5. The molecule has 2 heterocycles. The quantitative estimate of drug-likeness (QED) is 0.799. The largest absolute Gasteiger partial charge is 0.341 e. The smallest absolute Gasteiger partial charge is 0.254 e. The average Bonchev–Trinajstić information content (AvgIpc) is 2.67. The summed E-state index contributed by atoms with van der Waals surface area (Å²) in [5.41, 5.74) is 0.923. The zero-order valence-corrected chi connectivity index (χ0v) is 17.4. The lowest BCUT2D eigenvalue weighted by atomic mass is 9.91. The lowest BCUT2D eigenvalue weighted by molar-refractivity contribution is -0.139. The van der Waals surface area contributed by atoms with E-state index in [0.717, 1.165) is 13.1 Å². The number of rotatable bonds is 3. The first-order chi connectivity index (χ1) is 13.3. The molecule has 2 amide bonds. The average molecular weight is 390 g/mol. The number of piperidine rings is 1. The number of benzene rings is 1. The second-order valence-corrected chi connectivity index (χ2v) is 8.66. The van der Waals surface area contributed by atoms with Gasteiger partial charge in [0.1, 0.15) is 5.82 Å². The Morgan fingerprint density at radius 2 is 1.64 bits per heavy atom. The Morgan fingerprint density at radius 1 is 1.04 bits per heavy atom. The summed E-state index contributed by atoms with van der Waals surface area (Å²) in [5, 5.41) is 0. The molecule has 2 aliphatic rings. The molecule has 28 heavy (non-hydrogen) atoms. The molecule has 3 atom stereocenters. The van der Waals surface area contributed by atoms with Gasteiger partial charge in [-0.25, -0.2) is 4.39 Å². The number of piperazine rings is 1. The summed E-state index contributed by atoms with van der Waals surface area (Å²) in [7, 11) is 0. The van der Waals surface area contributed by atoms with Crippen molar-refractivity contribution in [2.45, 2.75) is 40.2 Å². The predicted octanol–water partition coefficient (Wildman–Crippen LogP) is 2.78. The first-order valence-electron chi connectivity index (χ1n) is 10.3. The van der Waals surface area contributed by atoms with Crippen LogP contribution in [-0.2, 0) is 4.79 Å². The Hall–Kier alpha value is -1.95. The van der Waals surface area contributed by atoms with Crippen molar-refractivity contribution in [3.63, 3.8) is 0 Å². The molecule has 1 aromatic rings. The molecule has 0 radical (unpaired) electrons. The van der Waals surface area contributed by atoms with Crippen molar-refractivity contribution in [3.05, 3.63) is 35.1 Å². The van der Waals surface area contributed by atoms with E-state index >= 15 is 0 Å². The van der Waals surface area contributed by atoms with Crippen LogP contribution in [0, 0.1) is 24.6 Å². The fourth-order valence-corrected chi connectivity index (χ4v) is 4.48. The molecule has 6 heteroatoms. The molecule has 0 saturated carbocycles. The van der Waals surface area contributed by atoms with Gasteiger partial charge >= 0.3 is 0 Å². The summed E-state index contributed by atoms with van der Waals surface area (Å²) >= 11 is 0. The highest BCUT2D eigenvalue weighted by atomic mass is 19.1. The van der Waals surface area contributed by atoms with Crippen LogP contribution in [-0.4, -0.2) is 71.8 Å². The van der Waals surface area contributed by atoms with Crippen LogP contribution in [0.2, 0.25) is 0 Å².